The van der Waals surface area contributed by atoms with E-state index in [1.807, 2.05) is 23.1 Å². The number of carbonyl (C=O) groups is 1. The van der Waals surface area contributed by atoms with Crippen LogP contribution in [-0.2, 0) is 4.74 Å². The molecule has 1 amide bonds. The minimum atomic E-state index is -0.165. The number of hydrogen-bond acceptors (Lipinski definition) is 3. The van der Waals surface area contributed by atoms with E-state index in [1.165, 1.54) is 17.5 Å². The molecule has 0 radical (unpaired) electrons. The van der Waals surface area contributed by atoms with Gasteiger partial charge in [-0.2, -0.15) is 0 Å². The minimum Gasteiger partial charge on any atom is -0.449 e. The van der Waals surface area contributed by atoms with E-state index in [1.54, 1.807) is 0 Å². The van der Waals surface area contributed by atoms with Crippen LogP contribution >= 0.6 is 11.6 Å². The Hall–Kier alpha value is -2.04. The van der Waals surface area contributed by atoms with Gasteiger partial charge in [0, 0.05) is 31.2 Å². The Morgan fingerprint density at radius 3 is 2.25 bits per heavy atom. The summed E-state index contributed by atoms with van der Waals surface area (Å²) in [4.78, 5) is 16.6. The summed E-state index contributed by atoms with van der Waals surface area (Å²) in [7, 11) is 0. The van der Waals surface area contributed by atoms with Gasteiger partial charge in [-0.15, -0.1) is 0 Å². The molecule has 3 unspecified atom stereocenters. The highest BCUT2D eigenvalue weighted by Gasteiger charge is 2.35. The van der Waals surface area contributed by atoms with Gasteiger partial charge in [0.05, 0.1) is 12.6 Å². The summed E-state index contributed by atoms with van der Waals surface area (Å²) >= 11 is 6.10. The Kier molecular flexibility index (Phi) is 5.88. The molecule has 1 heterocycles. The zero-order valence-corrected chi connectivity index (χ0v) is 17.0. The van der Waals surface area contributed by atoms with E-state index in [0.717, 1.165) is 18.1 Å². The molecule has 2 aliphatic rings. The van der Waals surface area contributed by atoms with Crippen molar-refractivity contribution in [3.05, 3.63) is 70.7 Å². The Labute approximate surface area is 172 Å². The predicted octanol–water partition coefficient (Wildman–Crippen LogP) is 4.84. The maximum absolute atomic E-state index is 12.4. The molecule has 3 atom stereocenters. The Balaban J connectivity index is 1.42. The molecule has 148 valence electrons. The highest BCUT2D eigenvalue weighted by molar-refractivity contribution is 6.30. The number of hydrogen-bond donors (Lipinski definition) is 0. The van der Waals surface area contributed by atoms with Gasteiger partial charge in [-0.25, -0.2) is 4.79 Å². The second kappa shape index (κ2) is 8.54. The Bertz CT molecular complexity index is 788. The summed E-state index contributed by atoms with van der Waals surface area (Å²) in [6.07, 6.45) is 1.02. The smallest absolute Gasteiger partial charge is 0.409 e. The first-order valence-electron chi connectivity index (χ1n) is 10.1. The lowest BCUT2D eigenvalue weighted by molar-refractivity contribution is 0.0654. The van der Waals surface area contributed by atoms with Crippen molar-refractivity contribution in [2.75, 3.05) is 32.8 Å². The molecule has 4 rings (SSSR count). The molecule has 2 aromatic carbocycles. The zero-order chi connectivity index (χ0) is 19.5. The molecule has 0 N–H and O–H groups in total. The number of rotatable bonds is 5. The van der Waals surface area contributed by atoms with Gasteiger partial charge >= 0.3 is 6.09 Å². The lowest BCUT2D eigenvalue weighted by Crippen LogP contribution is -2.50. The number of amides is 1. The second-order valence-electron chi connectivity index (χ2n) is 7.94. The molecule has 1 aliphatic heterocycles. The van der Waals surface area contributed by atoms with Crippen molar-refractivity contribution in [1.82, 2.24) is 9.80 Å². The van der Waals surface area contributed by atoms with Crippen molar-refractivity contribution in [1.29, 1.82) is 0 Å². The number of benzene rings is 2. The highest BCUT2D eigenvalue weighted by atomic mass is 35.5. The summed E-state index contributed by atoms with van der Waals surface area (Å²) in [5.41, 5.74) is 2.47. The molecule has 0 aromatic heterocycles. The van der Waals surface area contributed by atoms with Crippen LogP contribution < -0.4 is 0 Å². The number of carbonyl (C=O) groups excluding carboxylic acids is 1. The van der Waals surface area contributed by atoms with Crippen molar-refractivity contribution in [3.8, 4) is 0 Å². The molecular formula is C23H27ClN2O2. The summed E-state index contributed by atoms with van der Waals surface area (Å²) in [5.74, 6) is 1.27. The van der Waals surface area contributed by atoms with Crippen LogP contribution in [0.5, 0.6) is 0 Å². The van der Waals surface area contributed by atoms with Crippen molar-refractivity contribution in [2.45, 2.75) is 19.4 Å². The first kappa shape index (κ1) is 19.3. The maximum Gasteiger partial charge on any atom is 0.409 e. The van der Waals surface area contributed by atoms with Gasteiger partial charge in [0.15, 0.2) is 0 Å². The van der Waals surface area contributed by atoms with Gasteiger partial charge in [-0.05, 0) is 41.5 Å². The second-order valence-corrected chi connectivity index (χ2v) is 8.37. The fraction of sp³-hybridized carbons (Fsp3) is 0.435. The Morgan fingerprint density at radius 2 is 1.64 bits per heavy atom. The van der Waals surface area contributed by atoms with E-state index in [9.17, 15) is 4.79 Å². The van der Waals surface area contributed by atoms with Gasteiger partial charge in [-0.1, -0.05) is 61.0 Å². The van der Waals surface area contributed by atoms with Crippen molar-refractivity contribution in [3.63, 3.8) is 0 Å². The fourth-order valence-corrected chi connectivity index (χ4v) is 4.08. The minimum absolute atomic E-state index is 0.156. The fourth-order valence-electron chi connectivity index (χ4n) is 3.96. The van der Waals surface area contributed by atoms with E-state index in [0.29, 0.717) is 31.5 Å². The molecule has 0 bridgehead atoms. The standard InChI is InChI=1S/C23H27ClN2O2/c1-17-15-20(17)16-28-23(27)26-13-11-25(12-14-26)22(18-5-3-2-4-6-18)19-7-9-21(24)10-8-19/h2-10,17,20,22H,11-16H2,1H3. The van der Waals surface area contributed by atoms with Gasteiger partial charge < -0.3 is 9.64 Å². The van der Waals surface area contributed by atoms with E-state index in [2.05, 4.69) is 48.2 Å². The number of nitrogens with zero attached hydrogens (tertiary/aromatic N) is 2. The molecule has 0 spiro atoms. The third-order valence-electron chi connectivity index (χ3n) is 5.94. The van der Waals surface area contributed by atoms with Crippen LogP contribution in [0, 0.1) is 11.8 Å². The largest absolute Gasteiger partial charge is 0.449 e. The molecule has 2 aromatic rings. The van der Waals surface area contributed by atoms with Crippen molar-refractivity contribution in [2.24, 2.45) is 11.8 Å². The number of halogens is 1. The van der Waals surface area contributed by atoms with Crippen molar-refractivity contribution < 1.29 is 9.53 Å². The lowest BCUT2D eigenvalue weighted by Gasteiger charge is -2.39. The summed E-state index contributed by atoms with van der Waals surface area (Å²) in [6.45, 7) is 5.79. The van der Waals surface area contributed by atoms with Crippen LogP contribution in [0.15, 0.2) is 54.6 Å². The Morgan fingerprint density at radius 1 is 1.04 bits per heavy atom. The van der Waals surface area contributed by atoms with E-state index in [-0.39, 0.29) is 12.1 Å². The van der Waals surface area contributed by atoms with Crippen molar-refractivity contribution >= 4 is 17.7 Å². The lowest BCUT2D eigenvalue weighted by atomic mass is 9.96. The predicted molar refractivity (Wildman–Crippen MR) is 112 cm³/mol. The number of ether oxygens (including phenoxy) is 1. The van der Waals surface area contributed by atoms with E-state index in [4.69, 9.17) is 16.3 Å². The average molecular weight is 399 g/mol. The zero-order valence-electron chi connectivity index (χ0n) is 16.3. The quantitative estimate of drug-likeness (QED) is 0.722. The van der Waals surface area contributed by atoms with Crippen LogP contribution in [0.3, 0.4) is 0 Å². The molecule has 1 aliphatic carbocycles. The van der Waals surface area contributed by atoms with Gasteiger partial charge in [0.25, 0.3) is 0 Å². The average Bonchev–Trinajstić information content (AvgIpc) is 3.44. The van der Waals surface area contributed by atoms with Crippen LogP contribution in [-0.4, -0.2) is 48.7 Å². The molecule has 5 heteroatoms. The molecule has 1 saturated carbocycles. The van der Waals surface area contributed by atoms with E-state index >= 15 is 0 Å². The van der Waals surface area contributed by atoms with Gasteiger partial charge in [0.2, 0.25) is 0 Å². The van der Waals surface area contributed by atoms with Gasteiger partial charge in [0.1, 0.15) is 0 Å². The summed E-state index contributed by atoms with van der Waals surface area (Å²) in [6, 6.07) is 18.7. The third kappa shape index (κ3) is 4.50. The topological polar surface area (TPSA) is 32.8 Å². The molecule has 2 fully saturated rings. The third-order valence-corrected chi connectivity index (χ3v) is 6.19. The van der Waals surface area contributed by atoms with Crippen LogP contribution in [0.2, 0.25) is 5.02 Å². The maximum atomic E-state index is 12.4. The first-order chi connectivity index (χ1) is 13.6. The van der Waals surface area contributed by atoms with E-state index < -0.39 is 0 Å². The van der Waals surface area contributed by atoms with Crippen LogP contribution in [0.1, 0.15) is 30.5 Å². The molecule has 4 nitrogen and oxygen atoms in total. The summed E-state index contributed by atoms with van der Waals surface area (Å²) in [5, 5.41) is 0.744. The molecular weight excluding hydrogens is 372 g/mol. The van der Waals surface area contributed by atoms with Gasteiger partial charge in [-0.3, -0.25) is 4.90 Å². The molecule has 28 heavy (non-hydrogen) atoms. The highest BCUT2D eigenvalue weighted by Crippen LogP contribution is 2.37. The van der Waals surface area contributed by atoms with Crippen LogP contribution in [0.4, 0.5) is 4.79 Å². The number of piperazine rings is 1. The molecule has 1 saturated heterocycles. The normalized spacial score (nSPS) is 23.3. The summed E-state index contributed by atoms with van der Waals surface area (Å²) < 4.78 is 5.51. The SMILES string of the molecule is CC1CC1COC(=O)N1CCN(C(c2ccccc2)c2ccc(Cl)cc2)CC1. The van der Waals surface area contributed by atoms with Crippen LogP contribution in [0.25, 0.3) is 0 Å². The monoisotopic (exact) mass is 398 g/mol. The first-order valence-corrected chi connectivity index (χ1v) is 10.5.